The van der Waals surface area contributed by atoms with Crippen molar-refractivity contribution < 1.29 is 0 Å². The van der Waals surface area contributed by atoms with E-state index in [1.807, 2.05) is 0 Å². The molecule has 0 spiro atoms. The standard InChI is InChI=1S/C6H6N2S4/c7-3-1-9-5(11-3)6-10-2-4(8)12-6/h7-8H,1-2H2. The van der Waals surface area contributed by atoms with Gasteiger partial charge in [0.25, 0.3) is 0 Å². The second-order valence-corrected chi connectivity index (χ2v) is 6.90. The summed E-state index contributed by atoms with van der Waals surface area (Å²) >= 11 is 6.56. The van der Waals surface area contributed by atoms with E-state index in [0.717, 1.165) is 21.6 Å². The Hall–Kier alpha value is 0.480. The largest absolute Gasteiger partial charge is 0.297 e. The van der Waals surface area contributed by atoms with E-state index in [9.17, 15) is 0 Å². The minimum atomic E-state index is 0.738. The topological polar surface area (TPSA) is 47.7 Å². The van der Waals surface area contributed by atoms with Gasteiger partial charge in [0.05, 0.1) is 18.6 Å². The van der Waals surface area contributed by atoms with Gasteiger partial charge in [-0.25, -0.2) is 0 Å². The lowest BCUT2D eigenvalue weighted by Crippen LogP contribution is -1.80. The lowest BCUT2D eigenvalue weighted by Gasteiger charge is -1.96. The summed E-state index contributed by atoms with van der Waals surface area (Å²) < 4.78 is 2.47. The molecular weight excluding hydrogens is 228 g/mol. The van der Waals surface area contributed by atoms with Crippen LogP contribution in [-0.2, 0) is 0 Å². The molecule has 0 bridgehead atoms. The maximum Gasteiger partial charge on any atom is 0.0797 e. The average Bonchev–Trinajstić information content (AvgIpc) is 2.58. The van der Waals surface area contributed by atoms with Gasteiger partial charge in [0.1, 0.15) is 0 Å². The lowest BCUT2D eigenvalue weighted by atomic mass is 10.9. The SMILES string of the molecule is N=C1CSC(=C2SCC(=N)S2)S1. The molecule has 0 radical (unpaired) electrons. The predicted octanol–water partition coefficient (Wildman–Crippen LogP) is 3.03. The highest BCUT2D eigenvalue weighted by atomic mass is 32.2. The molecule has 2 aliphatic heterocycles. The van der Waals surface area contributed by atoms with E-state index in [1.54, 1.807) is 47.0 Å². The van der Waals surface area contributed by atoms with Crippen molar-refractivity contribution in [1.29, 1.82) is 10.8 Å². The summed E-state index contributed by atoms with van der Waals surface area (Å²) in [4.78, 5) is 0. The molecule has 2 aliphatic rings. The maximum absolute atomic E-state index is 7.43. The zero-order valence-corrected chi connectivity index (χ0v) is 9.31. The summed E-state index contributed by atoms with van der Waals surface area (Å²) in [5.41, 5.74) is 0. The van der Waals surface area contributed by atoms with Gasteiger partial charge in [0.15, 0.2) is 0 Å². The highest BCUT2D eigenvalue weighted by Crippen LogP contribution is 2.50. The van der Waals surface area contributed by atoms with Gasteiger partial charge in [-0.05, 0) is 0 Å². The Balaban J connectivity index is 2.16. The molecule has 2 rings (SSSR count). The molecule has 2 saturated heterocycles. The van der Waals surface area contributed by atoms with E-state index in [-0.39, 0.29) is 0 Å². The average molecular weight is 234 g/mol. The van der Waals surface area contributed by atoms with Crippen molar-refractivity contribution in [1.82, 2.24) is 0 Å². The van der Waals surface area contributed by atoms with Crippen molar-refractivity contribution in [2.45, 2.75) is 0 Å². The predicted molar refractivity (Wildman–Crippen MR) is 62.6 cm³/mol. The molecule has 12 heavy (non-hydrogen) atoms. The molecule has 0 aromatic heterocycles. The molecule has 0 aromatic carbocycles. The molecular formula is C6H6N2S4. The third kappa shape index (κ3) is 1.86. The number of rotatable bonds is 0. The quantitative estimate of drug-likeness (QED) is 0.676. The second kappa shape index (κ2) is 3.69. The van der Waals surface area contributed by atoms with E-state index < -0.39 is 0 Å². The first-order valence-electron chi connectivity index (χ1n) is 3.26. The Bertz CT molecular complexity index is 255. The molecule has 64 valence electrons. The third-order valence-electron chi connectivity index (χ3n) is 1.27. The highest BCUT2D eigenvalue weighted by Gasteiger charge is 2.24. The molecule has 2 nitrogen and oxygen atoms in total. The van der Waals surface area contributed by atoms with Crippen molar-refractivity contribution in [2.75, 3.05) is 11.5 Å². The van der Waals surface area contributed by atoms with Gasteiger partial charge >= 0.3 is 0 Å². The third-order valence-corrected chi connectivity index (χ3v) is 6.72. The zero-order valence-electron chi connectivity index (χ0n) is 6.05. The molecule has 0 saturated carbocycles. The van der Waals surface area contributed by atoms with Crippen LogP contribution >= 0.6 is 47.0 Å². The van der Waals surface area contributed by atoms with Crippen LogP contribution < -0.4 is 0 Å². The fourth-order valence-corrected chi connectivity index (χ4v) is 5.64. The van der Waals surface area contributed by atoms with Gasteiger partial charge in [-0.15, -0.1) is 23.5 Å². The molecule has 6 heteroatoms. The van der Waals surface area contributed by atoms with Crippen molar-refractivity contribution in [3.63, 3.8) is 0 Å². The second-order valence-electron chi connectivity index (χ2n) is 2.20. The number of hydrogen-bond donors (Lipinski definition) is 2. The summed E-state index contributed by atoms with van der Waals surface area (Å²) in [5, 5.41) is 16.3. The fraction of sp³-hybridized carbons (Fsp3) is 0.333. The lowest BCUT2D eigenvalue weighted by molar-refractivity contribution is 1.54. The van der Waals surface area contributed by atoms with E-state index in [0.29, 0.717) is 0 Å². The van der Waals surface area contributed by atoms with Crippen LogP contribution in [0.4, 0.5) is 0 Å². The summed E-state index contributed by atoms with van der Waals surface area (Å²) in [6.07, 6.45) is 0. The summed E-state index contributed by atoms with van der Waals surface area (Å²) in [6.45, 7) is 0. The Labute approximate surface area is 87.7 Å². The minimum Gasteiger partial charge on any atom is -0.297 e. The monoisotopic (exact) mass is 234 g/mol. The highest BCUT2D eigenvalue weighted by molar-refractivity contribution is 8.39. The first-order chi connectivity index (χ1) is 5.75. The van der Waals surface area contributed by atoms with E-state index in [1.165, 1.54) is 8.47 Å². The van der Waals surface area contributed by atoms with Crippen molar-refractivity contribution >= 4 is 57.1 Å². The van der Waals surface area contributed by atoms with Crippen LogP contribution in [0.1, 0.15) is 0 Å². The van der Waals surface area contributed by atoms with Crippen molar-refractivity contribution in [3.05, 3.63) is 8.47 Å². The summed E-state index contributed by atoms with van der Waals surface area (Å²) in [5.74, 6) is 1.63. The molecule has 0 aromatic rings. The van der Waals surface area contributed by atoms with Crippen LogP contribution in [0.2, 0.25) is 0 Å². The summed E-state index contributed by atoms with van der Waals surface area (Å²) in [6, 6.07) is 0. The maximum atomic E-state index is 7.43. The van der Waals surface area contributed by atoms with Crippen LogP contribution in [0, 0.1) is 10.8 Å². The Morgan fingerprint density at radius 1 is 0.833 bits per heavy atom. The van der Waals surface area contributed by atoms with Gasteiger partial charge in [-0.3, -0.25) is 10.8 Å². The number of thioether (sulfide) groups is 4. The molecule has 0 amide bonds. The fourth-order valence-electron chi connectivity index (χ4n) is 0.805. The van der Waals surface area contributed by atoms with Gasteiger partial charge in [-0.2, -0.15) is 0 Å². The van der Waals surface area contributed by atoms with Crippen LogP contribution in [0.15, 0.2) is 8.47 Å². The van der Waals surface area contributed by atoms with Gasteiger partial charge < -0.3 is 0 Å². The molecule has 2 N–H and O–H groups in total. The van der Waals surface area contributed by atoms with Crippen molar-refractivity contribution in [3.8, 4) is 0 Å². The molecule has 0 unspecified atom stereocenters. The first kappa shape index (κ1) is 9.05. The minimum absolute atomic E-state index is 0.738. The van der Waals surface area contributed by atoms with Crippen LogP contribution in [0.25, 0.3) is 0 Å². The van der Waals surface area contributed by atoms with Crippen LogP contribution in [0.5, 0.6) is 0 Å². The molecule has 0 atom stereocenters. The molecule has 2 heterocycles. The zero-order chi connectivity index (χ0) is 8.55. The molecule has 0 aliphatic carbocycles. The first-order valence-corrected chi connectivity index (χ1v) is 6.86. The van der Waals surface area contributed by atoms with E-state index in [4.69, 9.17) is 10.8 Å². The van der Waals surface area contributed by atoms with E-state index in [2.05, 4.69) is 0 Å². The summed E-state index contributed by atoms with van der Waals surface area (Å²) in [7, 11) is 0. The number of nitrogens with one attached hydrogen (secondary N) is 2. The van der Waals surface area contributed by atoms with Crippen LogP contribution in [0.3, 0.4) is 0 Å². The Kier molecular flexibility index (Phi) is 2.78. The Morgan fingerprint density at radius 3 is 1.50 bits per heavy atom. The Morgan fingerprint density at radius 2 is 1.25 bits per heavy atom. The number of hydrogen-bond acceptors (Lipinski definition) is 6. The van der Waals surface area contributed by atoms with Gasteiger partial charge in [0.2, 0.25) is 0 Å². The van der Waals surface area contributed by atoms with Gasteiger partial charge in [-0.1, -0.05) is 23.5 Å². The van der Waals surface area contributed by atoms with Crippen molar-refractivity contribution in [2.24, 2.45) is 0 Å². The van der Waals surface area contributed by atoms with Crippen LogP contribution in [-0.4, -0.2) is 21.6 Å². The van der Waals surface area contributed by atoms with Gasteiger partial charge in [0, 0.05) is 11.5 Å². The molecule has 2 fully saturated rings. The van der Waals surface area contributed by atoms with E-state index >= 15 is 0 Å². The normalized spacial score (nSPS) is 30.3. The smallest absolute Gasteiger partial charge is 0.0797 e.